The van der Waals surface area contributed by atoms with Gasteiger partial charge in [-0.05, 0) is 25.0 Å². The molecule has 6 heteroatoms. The molecule has 0 saturated carbocycles. The molecule has 1 aliphatic rings. The predicted octanol–water partition coefficient (Wildman–Crippen LogP) is 2.67. The molecule has 0 fully saturated rings. The van der Waals surface area contributed by atoms with E-state index in [9.17, 15) is 4.79 Å². The van der Waals surface area contributed by atoms with E-state index in [1.165, 1.54) is 0 Å². The Bertz CT molecular complexity index is 714. The first kappa shape index (κ1) is 15.8. The summed E-state index contributed by atoms with van der Waals surface area (Å²) in [7, 11) is 3.47. The van der Waals surface area contributed by atoms with Crippen LogP contribution in [0.15, 0.2) is 23.7 Å². The molecule has 3 rings (SSSR count). The fourth-order valence-corrected chi connectivity index (χ4v) is 3.55. The van der Waals surface area contributed by atoms with Gasteiger partial charge in [-0.3, -0.25) is 4.79 Å². The van der Waals surface area contributed by atoms with Gasteiger partial charge in [-0.25, -0.2) is 4.98 Å². The Morgan fingerprint density at radius 2 is 2.35 bits per heavy atom. The minimum atomic E-state index is -0.144. The summed E-state index contributed by atoms with van der Waals surface area (Å²) in [4.78, 5) is 19.8. The Balaban J connectivity index is 1.67. The average molecular weight is 332 g/mol. The maximum absolute atomic E-state index is 12.7. The Morgan fingerprint density at radius 3 is 3.04 bits per heavy atom. The second kappa shape index (κ2) is 6.58. The van der Waals surface area contributed by atoms with Crippen LogP contribution in [-0.4, -0.2) is 36.6 Å². The van der Waals surface area contributed by atoms with Crippen LogP contribution in [0.5, 0.6) is 11.5 Å². The van der Waals surface area contributed by atoms with Crippen molar-refractivity contribution in [2.24, 2.45) is 5.92 Å². The van der Waals surface area contributed by atoms with E-state index >= 15 is 0 Å². The van der Waals surface area contributed by atoms with E-state index in [2.05, 4.69) is 4.98 Å². The number of amides is 1. The van der Waals surface area contributed by atoms with Crippen molar-refractivity contribution in [2.75, 3.05) is 20.8 Å². The van der Waals surface area contributed by atoms with E-state index in [0.29, 0.717) is 19.6 Å². The molecule has 0 bridgehead atoms. The van der Waals surface area contributed by atoms with Gasteiger partial charge in [-0.15, -0.1) is 11.3 Å². The molecule has 1 unspecified atom stereocenters. The van der Waals surface area contributed by atoms with Crippen LogP contribution in [0.2, 0.25) is 0 Å². The fraction of sp³-hybridized carbons (Fsp3) is 0.412. The molecule has 0 N–H and O–H groups in total. The third kappa shape index (κ3) is 3.32. The van der Waals surface area contributed by atoms with E-state index in [-0.39, 0.29) is 11.8 Å². The molecule has 1 aromatic heterocycles. The number of aryl methyl sites for hydroxylation is 1. The zero-order valence-corrected chi connectivity index (χ0v) is 14.4. The fourth-order valence-electron chi connectivity index (χ4n) is 2.72. The number of carbonyl (C=O) groups excluding carboxylic acids is 1. The average Bonchev–Trinajstić information content (AvgIpc) is 2.98. The molecule has 2 heterocycles. The van der Waals surface area contributed by atoms with Crippen molar-refractivity contribution in [3.63, 3.8) is 0 Å². The first-order valence-electron chi connectivity index (χ1n) is 7.52. The van der Waals surface area contributed by atoms with Crippen LogP contribution in [0.25, 0.3) is 0 Å². The molecule has 0 spiro atoms. The summed E-state index contributed by atoms with van der Waals surface area (Å²) in [6, 6.07) is 5.75. The lowest BCUT2D eigenvalue weighted by Crippen LogP contribution is -2.38. The van der Waals surface area contributed by atoms with Gasteiger partial charge in [0.15, 0.2) is 0 Å². The molecule has 1 amide bonds. The maximum atomic E-state index is 12.7. The number of carbonyl (C=O) groups is 1. The van der Waals surface area contributed by atoms with Gasteiger partial charge in [0.05, 0.1) is 30.8 Å². The molecule has 23 heavy (non-hydrogen) atoms. The number of benzene rings is 1. The highest BCUT2D eigenvalue weighted by molar-refractivity contribution is 7.09. The van der Waals surface area contributed by atoms with E-state index in [1.807, 2.05) is 37.7 Å². The van der Waals surface area contributed by atoms with Gasteiger partial charge in [0.1, 0.15) is 18.1 Å². The second-order valence-electron chi connectivity index (χ2n) is 5.74. The van der Waals surface area contributed by atoms with Crippen molar-refractivity contribution < 1.29 is 14.3 Å². The van der Waals surface area contributed by atoms with Crippen LogP contribution in [0.4, 0.5) is 0 Å². The molecule has 1 aliphatic heterocycles. The Morgan fingerprint density at radius 1 is 1.52 bits per heavy atom. The minimum absolute atomic E-state index is 0.110. The van der Waals surface area contributed by atoms with Crippen molar-refractivity contribution in [3.8, 4) is 11.5 Å². The van der Waals surface area contributed by atoms with Gasteiger partial charge in [-0.2, -0.15) is 0 Å². The van der Waals surface area contributed by atoms with E-state index in [1.54, 1.807) is 23.3 Å². The highest BCUT2D eigenvalue weighted by atomic mass is 32.1. The smallest absolute Gasteiger partial charge is 0.229 e. The SMILES string of the molecule is COc1ccc2c(c1)OCC(C(=O)N(C)Cc1scnc1C)C2. The molecule has 1 aromatic carbocycles. The maximum Gasteiger partial charge on any atom is 0.229 e. The number of aromatic nitrogens is 1. The molecular weight excluding hydrogens is 312 g/mol. The zero-order valence-electron chi connectivity index (χ0n) is 13.5. The Kier molecular flexibility index (Phi) is 4.52. The summed E-state index contributed by atoms with van der Waals surface area (Å²) < 4.78 is 11.0. The first-order valence-corrected chi connectivity index (χ1v) is 8.40. The molecule has 0 radical (unpaired) electrons. The summed E-state index contributed by atoms with van der Waals surface area (Å²) in [5.74, 6) is 1.55. The summed E-state index contributed by atoms with van der Waals surface area (Å²) in [5, 5.41) is 0. The normalized spacial score (nSPS) is 16.4. The highest BCUT2D eigenvalue weighted by Crippen LogP contribution is 2.31. The molecule has 0 saturated heterocycles. The van der Waals surface area contributed by atoms with Gasteiger partial charge in [0.2, 0.25) is 5.91 Å². The summed E-state index contributed by atoms with van der Waals surface area (Å²) in [5.41, 5.74) is 3.86. The van der Waals surface area contributed by atoms with Gasteiger partial charge in [0.25, 0.3) is 0 Å². The topological polar surface area (TPSA) is 51.7 Å². The van der Waals surface area contributed by atoms with E-state index in [0.717, 1.165) is 27.6 Å². The summed E-state index contributed by atoms with van der Waals surface area (Å²) in [6.07, 6.45) is 0.699. The second-order valence-corrected chi connectivity index (χ2v) is 6.68. The van der Waals surface area contributed by atoms with Crippen LogP contribution in [0.1, 0.15) is 16.1 Å². The van der Waals surface area contributed by atoms with Gasteiger partial charge in [0, 0.05) is 18.0 Å². The van der Waals surface area contributed by atoms with Gasteiger partial charge in [-0.1, -0.05) is 6.07 Å². The third-order valence-electron chi connectivity index (χ3n) is 4.13. The number of fused-ring (bicyclic) bond motifs is 1. The lowest BCUT2D eigenvalue weighted by Gasteiger charge is -2.28. The summed E-state index contributed by atoms with van der Waals surface area (Å²) in [6.45, 7) is 2.98. The molecule has 0 aliphatic carbocycles. The molecule has 2 aromatic rings. The van der Waals surface area contributed by atoms with Crippen LogP contribution >= 0.6 is 11.3 Å². The lowest BCUT2D eigenvalue weighted by atomic mass is 9.95. The quantitative estimate of drug-likeness (QED) is 0.864. The number of hydrogen-bond acceptors (Lipinski definition) is 5. The van der Waals surface area contributed by atoms with Crippen molar-refractivity contribution in [3.05, 3.63) is 39.8 Å². The van der Waals surface area contributed by atoms with Crippen molar-refractivity contribution in [1.82, 2.24) is 9.88 Å². The number of nitrogens with zero attached hydrogens (tertiary/aromatic N) is 2. The Hall–Kier alpha value is -2.08. The first-order chi connectivity index (χ1) is 11.1. The molecule has 122 valence electrons. The number of thiazole rings is 1. The van der Waals surface area contributed by atoms with Crippen LogP contribution in [0, 0.1) is 12.8 Å². The number of rotatable bonds is 4. The standard InChI is InChI=1S/C17H20N2O3S/c1-11-16(23-10-18-11)8-19(2)17(20)13-6-12-4-5-14(21-3)7-15(12)22-9-13/h4-5,7,10,13H,6,8-9H2,1-3H3. The number of ether oxygens (including phenoxy) is 2. The monoisotopic (exact) mass is 332 g/mol. The number of hydrogen-bond donors (Lipinski definition) is 0. The zero-order chi connectivity index (χ0) is 16.4. The number of methoxy groups -OCH3 is 1. The van der Waals surface area contributed by atoms with Gasteiger partial charge >= 0.3 is 0 Å². The lowest BCUT2D eigenvalue weighted by molar-refractivity contribution is -0.136. The highest BCUT2D eigenvalue weighted by Gasteiger charge is 2.28. The van der Waals surface area contributed by atoms with E-state index < -0.39 is 0 Å². The Labute approximate surface area is 139 Å². The molecular formula is C17H20N2O3S. The van der Waals surface area contributed by atoms with Crippen LogP contribution in [0.3, 0.4) is 0 Å². The van der Waals surface area contributed by atoms with Crippen molar-refractivity contribution in [2.45, 2.75) is 19.9 Å². The van der Waals surface area contributed by atoms with E-state index in [4.69, 9.17) is 9.47 Å². The summed E-state index contributed by atoms with van der Waals surface area (Å²) >= 11 is 1.58. The van der Waals surface area contributed by atoms with Gasteiger partial charge < -0.3 is 14.4 Å². The van der Waals surface area contributed by atoms with Crippen LogP contribution in [-0.2, 0) is 17.8 Å². The third-order valence-corrected chi connectivity index (χ3v) is 5.05. The predicted molar refractivity (Wildman–Crippen MR) is 89.0 cm³/mol. The van der Waals surface area contributed by atoms with Crippen LogP contribution < -0.4 is 9.47 Å². The molecule has 1 atom stereocenters. The van der Waals surface area contributed by atoms with Crippen molar-refractivity contribution >= 4 is 17.2 Å². The largest absolute Gasteiger partial charge is 0.497 e. The van der Waals surface area contributed by atoms with Crippen molar-refractivity contribution in [1.29, 1.82) is 0 Å². The minimum Gasteiger partial charge on any atom is -0.497 e. The molecule has 5 nitrogen and oxygen atoms in total.